The summed E-state index contributed by atoms with van der Waals surface area (Å²) in [4.78, 5) is 20.3. The molecule has 4 heteroatoms. The normalized spacial score (nSPS) is 30.8. The fourth-order valence-electron chi connectivity index (χ4n) is 7.28. The van der Waals surface area contributed by atoms with E-state index in [4.69, 9.17) is 0 Å². The second-order valence-electron chi connectivity index (χ2n) is 10.5. The lowest BCUT2D eigenvalue weighted by molar-refractivity contribution is -0.0428. The van der Waals surface area contributed by atoms with Crippen LogP contribution in [0.4, 0.5) is 0 Å². The Kier molecular flexibility index (Phi) is 5.70. The number of aromatic nitrogens is 1. The van der Waals surface area contributed by atoms with Crippen LogP contribution in [-0.4, -0.2) is 40.5 Å². The smallest absolute Gasteiger partial charge is 0.253 e. The molecule has 3 aromatic rings. The van der Waals surface area contributed by atoms with E-state index >= 15 is 0 Å². The number of rotatable bonds is 5. The lowest BCUT2D eigenvalue weighted by Gasteiger charge is -2.61. The van der Waals surface area contributed by atoms with Crippen LogP contribution >= 0.6 is 0 Å². The Hall–Kier alpha value is -2.98. The Bertz CT molecular complexity index is 1060. The molecule has 1 aliphatic heterocycles. The standard InChI is InChI=1S/C30H33N3O/c34-29(24-14-9-15-31-21-24)32-27-20-30(33-16-7-8-17-33)18-25(22-10-3-1-4-11-22)28(27)26(19-30)23-12-5-2-6-13-23/h1-6,9-15,21,25-28H,7-8,16-20H2,(H,32,34). The largest absolute Gasteiger partial charge is 0.349 e. The van der Waals surface area contributed by atoms with Crippen molar-refractivity contribution in [1.82, 2.24) is 15.2 Å². The van der Waals surface area contributed by atoms with Gasteiger partial charge >= 0.3 is 0 Å². The number of hydrogen-bond donors (Lipinski definition) is 1. The van der Waals surface area contributed by atoms with Gasteiger partial charge in [-0.3, -0.25) is 14.7 Å². The average molecular weight is 452 g/mol. The maximum atomic E-state index is 13.3. The summed E-state index contributed by atoms with van der Waals surface area (Å²) in [5.74, 6) is 1.22. The zero-order valence-corrected chi connectivity index (χ0v) is 19.6. The fraction of sp³-hybridized carbons (Fsp3) is 0.400. The van der Waals surface area contributed by atoms with Crippen LogP contribution in [0, 0.1) is 5.92 Å². The highest BCUT2D eigenvalue weighted by molar-refractivity contribution is 5.94. The first-order valence-electron chi connectivity index (χ1n) is 12.8. The van der Waals surface area contributed by atoms with Crippen LogP contribution in [0.5, 0.6) is 0 Å². The van der Waals surface area contributed by atoms with Crippen LogP contribution in [0.25, 0.3) is 0 Å². The van der Waals surface area contributed by atoms with Crippen LogP contribution in [0.15, 0.2) is 85.2 Å². The molecule has 1 aromatic heterocycles. The predicted molar refractivity (Wildman–Crippen MR) is 135 cm³/mol. The van der Waals surface area contributed by atoms with Crippen LogP contribution in [-0.2, 0) is 0 Å². The van der Waals surface area contributed by atoms with Crippen molar-refractivity contribution in [2.75, 3.05) is 13.1 Å². The molecule has 2 heterocycles. The van der Waals surface area contributed by atoms with E-state index in [1.54, 1.807) is 12.4 Å². The molecule has 3 unspecified atom stereocenters. The molecule has 174 valence electrons. The number of carbonyl (C=O) groups excluding carboxylic acids is 1. The van der Waals surface area contributed by atoms with Crippen molar-refractivity contribution in [1.29, 1.82) is 0 Å². The molecule has 1 N–H and O–H groups in total. The van der Waals surface area contributed by atoms with Gasteiger partial charge in [0, 0.05) is 24.0 Å². The van der Waals surface area contributed by atoms with Crippen LogP contribution in [0.1, 0.15) is 65.4 Å². The minimum Gasteiger partial charge on any atom is -0.349 e. The third kappa shape index (κ3) is 3.84. The Morgan fingerprint density at radius 1 is 0.824 bits per heavy atom. The highest BCUT2D eigenvalue weighted by Gasteiger charge is 2.58. The van der Waals surface area contributed by atoms with Crippen molar-refractivity contribution in [3.63, 3.8) is 0 Å². The molecule has 3 atom stereocenters. The van der Waals surface area contributed by atoms with Gasteiger partial charge in [0.25, 0.3) is 5.91 Å². The molecule has 0 spiro atoms. The Labute approximate surface area is 202 Å². The summed E-state index contributed by atoms with van der Waals surface area (Å²) in [6.07, 6.45) is 9.37. The van der Waals surface area contributed by atoms with Crippen molar-refractivity contribution in [3.05, 3.63) is 102 Å². The molecule has 7 rings (SSSR count). The molecular weight excluding hydrogens is 418 g/mol. The van der Waals surface area contributed by atoms with Gasteiger partial charge in [-0.25, -0.2) is 0 Å². The van der Waals surface area contributed by atoms with Crippen molar-refractivity contribution in [2.45, 2.75) is 55.5 Å². The minimum absolute atomic E-state index is 0.000783. The third-order valence-electron chi connectivity index (χ3n) is 8.67. The summed E-state index contributed by atoms with van der Waals surface area (Å²) in [6, 6.07) is 25.9. The van der Waals surface area contributed by atoms with E-state index < -0.39 is 0 Å². The predicted octanol–water partition coefficient (Wildman–Crippen LogP) is 5.40. The summed E-state index contributed by atoms with van der Waals surface area (Å²) < 4.78 is 0. The molecular formula is C30H33N3O. The second kappa shape index (κ2) is 8.99. The van der Waals surface area contributed by atoms with Gasteiger partial charge in [-0.2, -0.15) is 0 Å². The minimum atomic E-state index is 0.000783. The summed E-state index contributed by atoms with van der Waals surface area (Å²) in [5, 5.41) is 3.51. The van der Waals surface area contributed by atoms with E-state index in [9.17, 15) is 4.79 Å². The molecule has 4 nitrogen and oxygen atoms in total. The number of nitrogens with one attached hydrogen (secondary N) is 1. The highest BCUT2D eigenvalue weighted by Crippen LogP contribution is 2.60. The molecule has 4 aliphatic rings. The first-order valence-corrected chi connectivity index (χ1v) is 12.8. The van der Waals surface area contributed by atoms with Crippen molar-refractivity contribution in [2.24, 2.45) is 5.92 Å². The molecule has 3 aliphatic carbocycles. The van der Waals surface area contributed by atoms with Gasteiger partial charge in [-0.1, -0.05) is 60.7 Å². The number of hydrogen-bond acceptors (Lipinski definition) is 3. The molecule has 1 amide bonds. The number of likely N-dealkylation sites (tertiary alicyclic amines) is 1. The summed E-state index contributed by atoms with van der Waals surface area (Å²) in [6.45, 7) is 2.36. The van der Waals surface area contributed by atoms with Gasteiger partial charge < -0.3 is 5.32 Å². The zero-order valence-electron chi connectivity index (χ0n) is 19.6. The quantitative estimate of drug-likeness (QED) is 0.565. The molecule has 0 radical (unpaired) electrons. The SMILES string of the molecule is O=C(NC1CC2(N3CCCC3)CC(c3ccccc3)C1C(c1ccccc1)C2)c1cccnc1. The fourth-order valence-corrected chi connectivity index (χ4v) is 7.28. The van der Waals surface area contributed by atoms with Gasteiger partial charge in [0.15, 0.2) is 0 Å². The van der Waals surface area contributed by atoms with Crippen molar-refractivity contribution < 1.29 is 4.79 Å². The van der Waals surface area contributed by atoms with E-state index in [1.165, 1.54) is 49.9 Å². The second-order valence-corrected chi connectivity index (χ2v) is 10.5. The molecule has 3 saturated carbocycles. The van der Waals surface area contributed by atoms with E-state index in [1.807, 2.05) is 12.1 Å². The molecule has 2 aromatic carbocycles. The number of benzene rings is 2. The first-order chi connectivity index (χ1) is 16.7. The van der Waals surface area contributed by atoms with Gasteiger partial charge in [0.1, 0.15) is 0 Å². The lowest BCUT2D eigenvalue weighted by atomic mass is 9.51. The topological polar surface area (TPSA) is 45.2 Å². The summed E-state index contributed by atoms with van der Waals surface area (Å²) in [5.41, 5.74) is 3.60. The van der Waals surface area contributed by atoms with Crippen LogP contribution < -0.4 is 5.32 Å². The van der Waals surface area contributed by atoms with Crippen LogP contribution in [0.3, 0.4) is 0 Å². The lowest BCUT2D eigenvalue weighted by Crippen LogP contribution is -2.65. The summed E-state index contributed by atoms with van der Waals surface area (Å²) in [7, 11) is 0. The van der Waals surface area contributed by atoms with Crippen LogP contribution in [0.2, 0.25) is 0 Å². The molecule has 2 bridgehead atoms. The Morgan fingerprint density at radius 2 is 1.44 bits per heavy atom. The van der Waals surface area contributed by atoms with Crippen molar-refractivity contribution >= 4 is 5.91 Å². The maximum Gasteiger partial charge on any atom is 0.253 e. The number of pyridine rings is 1. The van der Waals surface area contributed by atoms with Gasteiger partial charge in [0.2, 0.25) is 0 Å². The number of carbonyl (C=O) groups is 1. The van der Waals surface area contributed by atoms with Crippen molar-refractivity contribution in [3.8, 4) is 0 Å². The molecule has 34 heavy (non-hydrogen) atoms. The van der Waals surface area contributed by atoms with Gasteiger partial charge in [-0.05, 0) is 86.2 Å². The van der Waals surface area contributed by atoms with Gasteiger partial charge in [0.05, 0.1) is 5.56 Å². The zero-order chi connectivity index (χ0) is 23.0. The average Bonchev–Trinajstić information content (AvgIpc) is 3.46. The molecule has 1 saturated heterocycles. The monoisotopic (exact) mass is 451 g/mol. The van der Waals surface area contributed by atoms with E-state index in [0.29, 0.717) is 23.3 Å². The summed E-state index contributed by atoms with van der Waals surface area (Å²) >= 11 is 0. The maximum absolute atomic E-state index is 13.3. The first kappa shape index (κ1) is 21.5. The van der Waals surface area contributed by atoms with Gasteiger partial charge in [-0.15, -0.1) is 0 Å². The Morgan fingerprint density at radius 3 is 2.00 bits per heavy atom. The highest BCUT2D eigenvalue weighted by atomic mass is 16.1. The molecule has 4 fully saturated rings. The van der Waals surface area contributed by atoms with E-state index in [2.05, 4.69) is 75.9 Å². The Balaban J connectivity index is 1.43. The van der Waals surface area contributed by atoms with E-state index in [0.717, 1.165) is 6.42 Å². The number of nitrogens with zero attached hydrogens (tertiary/aromatic N) is 2. The number of fused-ring (bicyclic) bond motifs is 3. The van der Waals surface area contributed by atoms with E-state index in [-0.39, 0.29) is 17.5 Å². The third-order valence-corrected chi connectivity index (χ3v) is 8.67. The number of amides is 1.